The first kappa shape index (κ1) is 22.1. The molecule has 0 saturated carbocycles. The molecular weight excluding hydrogens is 472 g/mol. The second-order valence-electron chi connectivity index (χ2n) is 7.66. The Morgan fingerprint density at radius 1 is 1.15 bits per heavy atom. The number of benzene rings is 3. The molecule has 0 saturated heterocycles. The Kier molecular flexibility index (Phi) is 6.04. The van der Waals surface area contributed by atoms with Crippen molar-refractivity contribution in [3.05, 3.63) is 88.3 Å². The molecule has 0 fully saturated rings. The SMILES string of the molecule is COC(=O)c1cccc(CN2C(=O)COc3ccc(-c4csc(-c5ccccc5Cl)n4)cc32)c1. The van der Waals surface area contributed by atoms with Crippen LogP contribution >= 0.6 is 22.9 Å². The third-order valence-corrected chi connectivity index (χ3v) is 6.70. The molecule has 4 aromatic rings. The van der Waals surface area contributed by atoms with Gasteiger partial charge in [-0.25, -0.2) is 9.78 Å². The van der Waals surface area contributed by atoms with Crippen LogP contribution in [-0.2, 0) is 16.1 Å². The van der Waals surface area contributed by atoms with E-state index in [1.807, 2.05) is 53.9 Å². The van der Waals surface area contributed by atoms with Crippen LogP contribution < -0.4 is 9.64 Å². The number of thiazole rings is 1. The van der Waals surface area contributed by atoms with Crippen molar-refractivity contribution in [1.29, 1.82) is 0 Å². The predicted molar refractivity (Wildman–Crippen MR) is 132 cm³/mol. The number of hydrogen-bond donors (Lipinski definition) is 0. The number of carbonyl (C=O) groups excluding carboxylic acids is 2. The lowest BCUT2D eigenvalue weighted by molar-refractivity contribution is -0.121. The van der Waals surface area contributed by atoms with E-state index in [1.165, 1.54) is 18.4 Å². The maximum Gasteiger partial charge on any atom is 0.337 e. The summed E-state index contributed by atoms with van der Waals surface area (Å²) >= 11 is 7.85. The molecule has 6 nitrogen and oxygen atoms in total. The Labute approximate surface area is 205 Å². The van der Waals surface area contributed by atoms with E-state index in [4.69, 9.17) is 26.1 Å². The summed E-state index contributed by atoms with van der Waals surface area (Å²) in [6.07, 6.45) is 0. The fraction of sp³-hybridized carbons (Fsp3) is 0.115. The van der Waals surface area contributed by atoms with Crippen LogP contribution in [0.1, 0.15) is 15.9 Å². The van der Waals surface area contributed by atoms with Crippen molar-refractivity contribution in [3.8, 4) is 27.6 Å². The number of anilines is 1. The molecule has 0 N–H and O–H groups in total. The van der Waals surface area contributed by atoms with Gasteiger partial charge in [0.2, 0.25) is 0 Å². The van der Waals surface area contributed by atoms with Gasteiger partial charge in [-0.05, 0) is 42.0 Å². The summed E-state index contributed by atoms with van der Waals surface area (Å²) in [7, 11) is 1.34. The molecular formula is C26H19ClN2O4S. The Morgan fingerprint density at radius 2 is 2.00 bits per heavy atom. The summed E-state index contributed by atoms with van der Waals surface area (Å²) in [5.74, 6) is 0.0351. The van der Waals surface area contributed by atoms with Crippen molar-refractivity contribution < 1.29 is 19.1 Å². The first-order valence-electron chi connectivity index (χ1n) is 10.5. The largest absolute Gasteiger partial charge is 0.482 e. The zero-order valence-electron chi connectivity index (χ0n) is 18.2. The molecule has 2 heterocycles. The monoisotopic (exact) mass is 490 g/mol. The molecule has 0 aliphatic carbocycles. The molecule has 3 aromatic carbocycles. The number of nitrogens with zero attached hydrogens (tertiary/aromatic N) is 2. The van der Waals surface area contributed by atoms with Gasteiger partial charge in [0.25, 0.3) is 5.91 Å². The van der Waals surface area contributed by atoms with Gasteiger partial charge in [0.15, 0.2) is 6.61 Å². The van der Waals surface area contributed by atoms with Crippen LogP contribution in [0.4, 0.5) is 5.69 Å². The van der Waals surface area contributed by atoms with Crippen molar-refractivity contribution in [1.82, 2.24) is 4.98 Å². The normalized spacial score (nSPS) is 12.8. The van der Waals surface area contributed by atoms with Crippen LogP contribution in [-0.4, -0.2) is 30.6 Å². The van der Waals surface area contributed by atoms with Crippen molar-refractivity contribution in [3.63, 3.8) is 0 Å². The number of carbonyl (C=O) groups is 2. The number of methoxy groups -OCH3 is 1. The quantitative estimate of drug-likeness (QED) is 0.328. The average Bonchev–Trinajstić information content (AvgIpc) is 3.35. The Hall–Kier alpha value is -3.68. The minimum absolute atomic E-state index is 0.0452. The highest BCUT2D eigenvalue weighted by Gasteiger charge is 2.27. The van der Waals surface area contributed by atoms with Crippen molar-refractivity contribution in [2.24, 2.45) is 0 Å². The van der Waals surface area contributed by atoms with Gasteiger partial charge in [0, 0.05) is 16.5 Å². The van der Waals surface area contributed by atoms with Gasteiger partial charge in [0.05, 0.1) is 35.6 Å². The van der Waals surface area contributed by atoms with Gasteiger partial charge in [-0.15, -0.1) is 11.3 Å². The van der Waals surface area contributed by atoms with Gasteiger partial charge in [-0.3, -0.25) is 4.79 Å². The number of ether oxygens (including phenoxy) is 2. The number of hydrogen-bond acceptors (Lipinski definition) is 6. The minimum Gasteiger partial charge on any atom is -0.482 e. The number of fused-ring (bicyclic) bond motifs is 1. The molecule has 1 aliphatic rings. The lowest BCUT2D eigenvalue weighted by atomic mass is 10.1. The molecule has 1 amide bonds. The van der Waals surface area contributed by atoms with Gasteiger partial charge in [0.1, 0.15) is 10.8 Å². The minimum atomic E-state index is -0.421. The number of aromatic nitrogens is 1. The van der Waals surface area contributed by atoms with E-state index in [9.17, 15) is 9.59 Å². The van der Waals surface area contributed by atoms with Crippen LogP contribution in [0.5, 0.6) is 5.75 Å². The van der Waals surface area contributed by atoms with E-state index < -0.39 is 5.97 Å². The molecule has 1 aromatic heterocycles. The molecule has 0 bridgehead atoms. The molecule has 0 radical (unpaired) electrons. The van der Waals surface area contributed by atoms with E-state index in [-0.39, 0.29) is 12.5 Å². The zero-order valence-corrected chi connectivity index (χ0v) is 19.7. The lowest BCUT2D eigenvalue weighted by Crippen LogP contribution is -2.38. The molecule has 0 atom stereocenters. The van der Waals surface area contributed by atoms with E-state index in [2.05, 4.69) is 0 Å². The molecule has 170 valence electrons. The van der Waals surface area contributed by atoms with Crippen LogP contribution in [0.15, 0.2) is 72.1 Å². The molecule has 1 aliphatic heterocycles. The smallest absolute Gasteiger partial charge is 0.337 e. The number of esters is 1. The van der Waals surface area contributed by atoms with Crippen molar-refractivity contribution in [2.75, 3.05) is 18.6 Å². The lowest BCUT2D eigenvalue weighted by Gasteiger charge is -2.30. The molecule has 8 heteroatoms. The maximum absolute atomic E-state index is 12.8. The van der Waals surface area contributed by atoms with E-state index in [0.29, 0.717) is 28.6 Å². The average molecular weight is 491 g/mol. The van der Waals surface area contributed by atoms with Gasteiger partial charge in [-0.1, -0.05) is 41.9 Å². The van der Waals surface area contributed by atoms with Crippen molar-refractivity contribution in [2.45, 2.75) is 6.54 Å². The topological polar surface area (TPSA) is 68.7 Å². The second kappa shape index (κ2) is 9.29. The fourth-order valence-electron chi connectivity index (χ4n) is 3.80. The van der Waals surface area contributed by atoms with E-state index in [1.54, 1.807) is 23.1 Å². The maximum atomic E-state index is 12.8. The third-order valence-electron chi connectivity index (χ3n) is 5.49. The Morgan fingerprint density at radius 3 is 2.82 bits per heavy atom. The van der Waals surface area contributed by atoms with Crippen LogP contribution in [0.2, 0.25) is 5.02 Å². The highest BCUT2D eigenvalue weighted by atomic mass is 35.5. The highest BCUT2D eigenvalue weighted by Crippen LogP contribution is 2.39. The van der Waals surface area contributed by atoms with Crippen molar-refractivity contribution >= 4 is 40.5 Å². The van der Waals surface area contributed by atoms with Crippen LogP contribution in [0.25, 0.3) is 21.8 Å². The second-order valence-corrected chi connectivity index (χ2v) is 8.93. The zero-order chi connectivity index (χ0) is 23.7. The molecule has 0 spiro atoms. The summed E-state index contributed by atoms with van der Waals surface area (Å²) in [5.41, 5.74) is 4.43. The summed E-state index contributed by atoms with van der Waals surface area (Å²) < 4.78 is 10.5. The van der Waals surface area contributed by atoms with E-state index >= 15 is 0 Å². The summed E-state index contributed by atoms with van der Waals surface area (Å²) in [6, 6.07) is 20.3. The van der Waals surface area contributed by atoms with Gasteiger partial charge in [-0.2, -0.15) is 0 Å². The van der Waals surface area contributed by atoms with Gasteiger partial charge < -0.3 is 14.4 Å². The molecule has 5 rings (SSSR count). The van der Waals surface area contributed by atoms with Gasteiger partial charge >= 0.3 is 5.97 Å². The number of amides is 1. The number of rotatable bonds is 5. The molecule has 0 unspecified atom stereocenters. The number of halogens is 1. The third kappa shape index (κ3) is 4.27. The molecule has 34 heavy (non-hydrogen) atoms. The first-order valence-corrected chi connectivity index (χ1v) is 11.7. The standard InChI is InChI=1S/C26H19ClN2O4S/c1-32-26(31)18-6-4-5-16(11-18)13-29-22-12-17(9-10-23(22)33-14-24(29)30)21-15-34-25(28-21)19-7-2-3-8-20(19)27/h2-12,15H,13-14H2,1H3. The predicted octanol–water partition coefficient (Wildman–Crippen LogP) is 5.84. The Bertz CT molecular complexity index is 1400. The fourth-order valence-corrected chi connectivity index (χ4v) is 4.95. The Balaban J connectivity index is 1.48. The summed E-state index contributed by atoms with van der Waals surface area (Å²) in [6.45, 7) is 0.252. The van der Waals surface area contributed by atoms with Crippen LogP contribution in [0.3, 0.4) is 0 Å². The van der Waals surface area contributed by atoms with Crippen LogP contribution in [0, 0.1) is 0 Å². The van der Waals surface area contributed by atoms with E-state index in [0.717, 1.165) is 27.4 Å². The first-order chi connectivity index (χ1) is 16.5. The highest BCUT2D eigenvalue weighted by molar-refractivity contribution is 7.13. The summed E-state index contributed by atoms with van der Waals surface area (Å²) in [4.78, 5) is 31.1. The summed E-state index contributed by atoms with van der Waals surface area (Å²) in [5, 5.41) is 3.44.